The number of ether oxygens (including phenoxy) is 2. The Morgan fingerprint density at radius 3 is 2.51 bits per heavy atom. The van der Waals surface area contributed by atoms with Crippen LogP contribution in [-0.2, 0) is 26.1 Å². The normalized spacial score (nSPS) is 17.9. The van der Waals surface area contributed by atoms with Crippen molar-refractivity contribution in [2.24, 2.45) is 5.41 Å². The molecule has 1 aliphatic heterocycles. The van der Waals surface area contributed by atoms with E-state index in [9.17, 15) is 18.0 Å². The number of benzene rings is 2. The summed E-state index contributed by atoms with van der Waals surface area (Å²) >= 11 is 1.36. The molecule has 39 heavy (non-hydrogen) atoms. The summed E-state index contributed by atoms with van der Waals surface area (Å²) in [5.74, 6) is -0.446. The predicted octanol–water partition coefficient (Wildman–Crippen LogP) is 5.95. The largest absolute Gasteiger partial charge is 0.488 e. The van der Waals surface area contributed by atoms with E-state index in [0.29, 0.717) is 17.0 Å². The van der Waals surface area contributed by atoms with E-state index in [1.165, 1.54) is 29.7 Å². The van der Waals surface area contributed by atoms with Crippen molar-refractivity contribution in [2.45, 2.75) is 64.5 Å². The lowest BCUT2D eigenvalue weighted by atomic mass is 9.73. The topological polar surface area (TPSA) is 90.0 Å². The Balaban J connectivity index is 1.80. The van der Waals surface area contributed by atoms with Crippen molar-refractivity contribution in [3.05, 3.63) is 81.0 Å². The smallest absolute Gasteiger partial charge is 0.312 e. The van der Waals surface area contributed by atoms with Crippen LogP contribution in [0.3, 0.4) is 0 Å². The molecule has 0 saturated heterocycles. The summed E-state index contributed by atoms with van der Waals surface area (Å²) in [5.41, 5.74) is 1.67. The van der Waals surface area contributed by atoms with Crippen molar-refractivity contribution in [3.8, 4) is 5.75 Å². The maximum Gasteiger partial charge on any atom is 0.312 e. The second kappa shape index (κ2) is 11.2. The lowest BCUT2D eigenvalue weighted by Gasteiger charge is -2.32. The molecule has 0 amide bonds. The van der Waals surface area contributed by atoms with Gasteiger partial charge in [-0.05, 0) is 75.1 Å². The van der Waals surface area contributed by atoms with Gasteiger partial charge in [-0.2, -0.15) is 4.31 Å². The molecule has 0 bridgehead atoms. The van der Waals surface area contributed by atoms with Gasteiger partial charge in [0.25, 0.3) is 0 Å². The fraction of sp³-hybridized carbons (Fsp3) is 0.400. The first-order valence-corrected chi connectivity index (χ1v) is 15.2. The van der Waals surface area contributed by atoms with Gasteiger partial charge in [0, 0.05) is 17.3 Å². The van der Waals surface area contributed by atoms with E-state index in [1.54, 1.807) is 30.3 Å². The Hall–Kier alpha value is -3.01. The highest BCUT2D eigenvalue weighted by Crippen LogP contribution is 2.45. The number of carbonyl (C=O) groups excluding carboxylic acids is 2. The van der Waals surface area contributed by atoms with E-state index in [4.69, 9.17) is 9.47 Å². The molecule has 2 aromatic carbocycles. The lowest BCUT2D eigenvalue weighted by molar-refractivity contribution is -0.151. The molecule has 1 aliphatic rings. The highest BCUT2D eigenvalue weighted by molar-refractivity contribution is 7.89. The zero-order valence-electron chi connectivity index (χ0n) is 23.2. The number of Topliss-reactive ketones (excluding diaryl/α,β-unsaturated/α-hetero) is 1. The molecular weight excluding hydrogens is 534 g/mol. The third kappa shape index (κ3) is 5.66. The van der Waals surface area contributed by atoms with E-state index >= 15 is 0 Å². The molecule has 0 N–H and O–H groups in total. The SMILES string of the molecule is CC[C@@H]1CN(Cc2cc(C(c3ccc(C(C)=O)s3)C(C)(C)C(=O)OC)ccc2C)S(=O)(=O)c2ccccc2O1. The molecule has 2 heterocycles. The number of ketones is 1. The summed E-state index contributed by atoms with van der Waals surface area (Å²) in [6.07, 6.45) is 0.375. The minimum Gasteiger partial charge on any atom is -0.488 e. The van der Waals surface area contributed by atoms with Gasteiger partial charge >= 0.3 is 5.97 Å². The minimum atomic E-state index is -3.82. The van der Waals surface area contributed by atoms with Gasteiger partial charge in [0.05, 0.1) is 23.9 Å². The summed E-state index contributed by atoms with van der Waals surface area (Å²) in [5, 5.41) is 0. The number of fused-ring (bicyclic) bond motifs is 1. The van der Waals surface area contributed by atoms with Gasteiger partial charge in [-0.1, -0.05) is 37.3 Å². The Morgan fingerprint density at radius 1 is 1.15 bits per heavy atom. The molecule has 0 fully saturated rings. The number of carbonyl (C=O) groups is 2. The van der Waals surface area contributed by atoms with Gasteiger partial charge in [-0.15, -0.1) is 11.3 Å². The van der Waals surface area contributed by atoms with Gasteiger partial charge in [-0.3, -0.25) is 9.59 Å². The van der Waals surface area contributed by atoms with Crippen LogP contribution in [-0.4, -0.2) is 44.2 Å². The molecule has 0 saturated carbocycles. The predicted molar refractivity (Wildman–Crippen MR) is 152 cm³/mol. The van der Waals surface area contributed by atoms with Crippen LogP contribution in [0.5, 0.6) is 5.75 Å². The molecule has 0 radical (unpaired) electrons. The zero-order chi connectivity index (χ0) is 28.5. The fourth-order valence-electron chi connectivity index (χ4n) is 5.05. The van der Waals surface area contributed by atoms with Crippen LogP contribution < -0.4 is 4.74 Å². The average molecular weight is 570 g/mol. The number of esters is 1. The zero-order valence-corrected chi connectivity index (χ0v) is 24.8. The molecule has 0 spiro atoms. The van der Waals surface area contributed by atoms with Crippen molar-refractivity contribution >= 4 is 33.1 Å². The second-order valence-electron chi connectivity index (χ2n) is 10.5. The lowest BCUT2D eigenvalue weighted by Crippen LogP contribution is -2.36. The first-order valence-electron chi connectivity index (χ1n) is 12.9. The van der Waals surface area contributed by atoms with Gasteiger partial charge in [-0.25, -0.2) is 8.42 Å². The van der Waals surface area contributed by atoms with Crippen LogP contribution in [0.1, 0.15) is 71.3 Å². The quantitative estimate of drug-likeness (QED) is 0.246. The maximum atomic E-state index is 13.8. The third-order valence-electron chi connectivity index (χ3n) is 7.37. The van der Waals surface area contributed by atoms with E-state index in [2.05, 4.69) is 0 Å². The molecule has 0 aliphatic carbocycles. The number of thiophene rings is 1. The summed E-state index contributed by atoms with van der Waals surface area (Å²) in [7, 11) is -2.45. The molecule has 7 nitrogen and oxygen atoms in total. The molecule has 2 atom stereocenters. The first kappa shape index (κ1) is 29.0. The molecule has 1 aromatic heterocycles. The first-order chi connectivity index (χ1) is 18.4. The molecule has 3 aromatic rings. The second-order valence-corrected chi connectivity index (χ2v) is 13.5. The van der Waals surface area contributed by atoms with E-state index in [0.717, 1.165) is 21.6 Å². The Kier molecular flexibility index (Phi) is 8.35. The number of sulfonamides is 1. The van der Waals surface area contributed by atoms with Gasteiger partial charge in [0.2, 0.25) is 10.0 Å². The molecular formula is C30H35NO6S2. The summed E-state index contributed by atoms with van der Waals surface area (Å²) in [6, 6.07) is 16.3. The third-order valence-corrected chi connectivity index (χ3v) is 10.5. The van der Waals surface area contributed by atoms with E-state index in [-0.39, 0.29) is 35.8 Å². The van der Waals surface area contributed by atoms with E-state index in [1.807, 2.05) is 52.0 Å². The molecule has 1 unspecified atom stereocenters. The van der Waals surface area contributed by atoms with Gasteiger partial charge < -0.3 is 9.47 Å². The minimum absolute atomic E-state index is 0.0372. The summed E-state index contributed by atoms with van der Waals surface area (Å²) < 4.78 is 40.2. The van der Waals surface area contributed by atoms with E-state index < -0.39 is 21.4 Å². The number of aryl methyl sites for hydroxylation is 1. The fourth-order valence-corrected chi connectivity index (χ4v) is 7.84. The van der Waals surface area contributed by atoms with Crippen LogP contribution >= 0.6 is 11.3 Å². The van der Waals surface area contributed by atoms with Crippen molar-refractivity contribution in [1.82, 2.24) is 4.31 Å². The van der Waals surface area contributed by atoms with Crippen molar-refractivity contribution in [1.29, 1.82) is 0 Å². The van der Waals surface area contributed by atoms with Crippen LogP contribution in [0.15, 0.2) is 59.5 Å². The van der Waals surface area contributed by atoms with Gasteiger partial charge in [0.1, 0.15) is 16.7 Å². The number of para-hydroxylation sites is 1. The van der Waals surface area contributed by atoms with Crippen molar-refractivity contribution < 1.29 is 27.5 Å². The number of methoxy groups -OCH3 is 1. The number of hydrogen-bond acceptors (Lipinski definition) is 7. The molecule has 4 rings (SSSR count). The highest BCUT2D eigenvalue weighted by Gasteiger charge is 2.41. The average Bonchev–Trinajstić information content (AvgIpc) is 3.35. The summed E-state index contributed by atoms with van der Waals surface area (Å²) in [4.78, 5) is 26.6. The van der Waals surface area contributed by atoms with Crippen molar-refractivity contribution in [3.63, 3.8) is 0 Å². The molecule has 208 valence electrons. The standard InChI is InChI=1S/C30H35NO6S2/c1-7-23-18-31(39(34,35)27-11-9-8-10-24(27)37-23)17-22-16-21(13-12-19(22)2)28(30(4,5)29(33)36-6)26-15-14-25(38-26)20(3)32/h8-16,23,28H,7,17-18H2,1-6H3/t23-,28?/m1/s1. The Labute approximate surface area is 234 Å². The number of hydrogen-bond donors (Lipinski definition) is 0. The van der Waals surface area contributed by atoms with Crippen LogP contribution in [0.4, 0.5) is 0 Å². The monoisotopic (exact) mass is 569 g/mol. The number of nitrogens with zero attached hydrogens (tertiary/aromatic N) is 1. The maximum absolute atomic E-state index is 13.8. The van der Waals surface area contributed by atoms with Crippen LogP contribution in [0.2, 0.25) is 0 Å². The Bertz CT molecular complexity index is 1490. The molecule has 9 heteroatoms. The van der Waals surface area contributed by atoms with Crippen LogP contribution in [0.25, 0.3) is 0 Å². The van der Waals surface area contributed by atoms with Crippen molar-refractivity contribution in [2.75, 3.05) is 13.7 Å². The highest BCUT2D eigenvalue weighted by atomic mass is 32.2. The number of rotatable bonds is 8. The van der Waals surface area contributed by atoms with Crippen LogP contribution in [0, 0.1) is 12.3 Å². The Morgan fingerprint density at radius 2 is 1.87 bits per heavy atom. The van der Waals surface area contributed by atoms with Gasteiger partial charge in [0.15, 0.2) is 5.78 Å². The summed E-state index contributed by atoms with van der Waals surface area (Å²) in [6.45, 7) is 9.49.